The lowest BCUT2D eigenvalue weighted by atomic mass is 9.76. The lowest BCUT2D eigenvalue weighted by molar-refractivity contribution is -0.138. The number of hydrogen-bond donors (Lipinski definition) is 0. The fraction of sp³-hybridized carbons (Fsp3) is 0.625. The molecule has 3 heteroatoms. The van der Waals surface area contributed by atoms with Gasteiger partial charge in [-0.3, -0.25) is 0 Å². The van der Waals surface area contributed by atoms with Crippen LogP contribution in [0.5, 0.6) is 0 Å². The monoisotopic (exact) mass is 270 g/mol. The van der Waals surface area contributed by atoms with E-state index in [4.69, 9.17) is 0 Å². The maximum atomic E-state index is 13.2. The van der Waals surface area contributed by atoms with Gasteiger partial charge in [-0.05, 0) is 48.3 Å². The van der Waals surface area contributed by atoms with Crippen molar-refractivity contribution >= 4 is 0 Å². The molecule has 0 radical (unpaired) electrons. The fourth-order valence-electron chi connectivity index (χ4n) is 3.20. The van der Waals surface area contributed by atoms with E-state index in [0.29, 0.717) is 17.9 Å². The molecular formula is C16H21F3. The van der Waals surface area contributed by atoms with Gasteiger partial charge in [0.25, 0.3) is 0 Å². The van der Waals surface area contributed by atoms with Crippen molar-refractivity contribution in [1.29, 1.82) is 0 Å². The Morgan fingerprint density at radius 2 is 1.74 bits per heavy atom. The minimum atomic E-state index is -4.23. The maximum absolute atomic E-state index is 13.2. The summed E-state index contributed by atoms with van der Waals surface area (Å²) in [4.78, 5) is 0. The van der Waals surface area contributed by atoms with Crippen LogP contribution in [0.15, 0.2) is 18.2 Å². The number of aryl methyl sites for hydroxylation is 1. The second-order valence-corrected chi connectivity index (χ2v) is 5.69. The predicted molar refractivity (Wildman–Crippen MR) is 71.2 cm³/mol. The van der Waals surface area contributed by atoms with E-state index in [-0.39, 0.29) is 5.92 Å². The van der Waals surface area contributed by atoms with Gasteiger partial charge in [-0.2, -0.15) is 13.2 Å². The van der Waals surface area contributed by atoms with Crippen LogP contribution in [0, 0.1) is 5.92 Å². The Hall–Kier alpha value is -0.990. The van der Waals surface area contributed by atoms with Gasteiger partial charge in [0.1, 0.15) is 0 Å². The molecule has 19 heavy (non-hydrogen) atoms. The molecule has 1 fully saturated rings. The van der Waals surface area contributed by atoms with Crippen LogP contribution in [0.1, 0.15) is 62.1 Å². The Bertz CT molecular complexity index is 426. The van der Waals surface area contributed by atoms with E-state index in [9.17, 15) is 13.2 Å². The van der Waals surface area contributed by atoms with Gasteiger partial charge in [0.15, 0.2) is 0 Å². The zero-order valence-electron chi connectivity index (χ0n) is 11.6. The van der Waals surface area contributed by atoms with Crippen molar-refractivity contribution < 1.29 is 13.2 Å². The zero-order chi connectivity index (χ0) is 14.0. The Morgan fingerprint density at radius 3 is 2.26 bits per heavy atom. The fourth-order valence-corrected chi connectivity index (χ4v) is 3.20. The molecule has 0 N–H and O–H groups in total. The van der Waals surface area contributed by atoms with Crippen molar-refractivity contribution in [2.75, 3.05) is 0 Å². The first-order valence-corrected chi connectivity index (χ1v) is 7.12. The smallest absolute Gasteiger partial charge is 0.166 e. The van der Waals surface area contributed by atoms with Gasteiger partial charge < -0.3 is 0 Å². The highest BCUT2D eigenvalue weighted by Gasteiger charge is 2.36. The second kappa shape index (κ2) is 5.56. The average Bonchev–Trinajstić information content (AvgIpc) is 2.38. The van der Waals surface area contributed by atoms with Crippen LogP contribution in [-0.2, 0) is 12.6 Å². The standard InChI is InChI=1S/C16H21F3/c1-3-12-5-4-6-14(16(17,18)19)15(12)13-9-7-11(2)8-10-13/h4-6,11,13H,3,7-10H2,1-2H3. The first-order chi connectivity index (χ1) is 8.93. The normalized spacial score (nSPS) is 24.5. The van der Waals surface area contributed by atoms with Gasteiger partial charge in [-0.25, -0.2) is 0 Å². The third-order valence-corrected chi connectivity index (χ3v) is 4.31. The van der Waals surface area contributed by atoms with Crippen LogP contribution in [0.4, 0.5) is 13.2 Å². The molecule has 1 aromatic carbocycles. The number of rotatable bonds is 2. The summed E-state index contributed by atoms with van der Waals surface area (Å²) >= 11 is 0. The summed E-state index contributed by atoms with van der Waals surface area (Å²) in [6.07, 6.45) is 0.303. The summed E-state index contributed by atoms with van der Waals surface area (Å²) in [7, 11) is 0. The summed E-state index contributed by atoms with van der Waals surface area (Å²) in [6.45, 7) is 4.12. The molecule has 1 aromatic rings. The molecule has 0 nitrogen and oxygen atoms in total. The van der Waals surface area contributed by atoms with Crippen LogP contribution in [0.25, 0.3) is 0 Å². The SMILES string of the molecule is CCc1cccc(C(F)(F)F)c1C1CCC(C)CC1. The van der Waals surface area contributed by atoms with Gasteiger partial charge in [-0.1, -0.05) is 38.8 Å². The second-order valence-electron chi connectivity index (χ2n) is 5.69. The largest absolute Gasteiger partial charge is 0.416 e. The van der Waals surface area contributed by atoms with E-state index in [1.165, 1.54) is 12.1 Å². The van der Waals surface area contributed by atoms with E-state index in [1.54, 1.807) is 0 Å². The van der Waals surface area contributed by atoms with Crippen molar-refractivity contribution in [3.05, 3.63) is 34.9 Å². The molecule has 0 spiro atoms. The lowest BCUT2D eigenvalue weighted by Crippen LogP contribution is -2.18. The predicted octanol–water partition coefficient (Wildman–Crippen LogP) is 5.56. The molecule has 2 rings (SSSR count). The minimum absolute atomic E-state index is 0.0870. The molecule has 0 unspecified atom stereocenters. The number of benzene rings is 1. The molecule has 0 bridgehead atoms. The Kier molecular flexibility index (Phi) is 4.22. The zero-order valence-corrected chi connectivity index (χ0v) is 11.6. The molecule has 1 saturated carbocycles. The van der Waals surface area contributed by atoms with Crippen molar-refractivity contribution in [1.82, 2.24) is 0 Å². The summed E-state index contributed by atoms with van der Waals surface area (Å²) in [5.74, 6) is 0.739. The average molecular weight is 270 g/mol. The molecule has 1 aliphatic rings. The number of halogens is 3. The van der Waals surface area contributed by atoms with E-state index in [1.807, 2.05) is 13.0 Å². The van der Waals surface area contributed by atoms with Crippen LogP contribution in [-0.4, -0.2) is 0 Å². The van der Waals surface area contributed by atoms with Crippen molar-refractivity contribution in [3.63, 3.8) is 0 Å². The molecule has 0 aromatic heterocycles. The number of hydrogen-bond acceptors (Lipinski definition) is 0. The quantitative estimate of drug-likeness (QED) is 0.659. The van der Waals surface area contributed by atoms with Gasteiger partial charge in [-0.15, -0.1) is 0 Å². The number of alkyl halides is 3. The van der Waals surface area contributed by atoms with Crippen LogP contribution in [0.3, 0.4) is 0 Å². The van der Waals surface area contributed by atoms with Gasteiger partial charge in [0, 0.05) is 0 Å². The first kappa shape index (κ1) is 14.4. The van der Waals surface area contributed by atoms with Crippen LogP contribution in [0.2, 0.25) is 0 Å². The summed E-state index contributed by atoms with van der Waals surface area (Å²) in [5.41, 5.74) is 1.03. The molecule has 0 atom stereocenters. The molecule has 0 saturated heterocycles. The summed E-state index contributed by atoms with van der Waals surface area (Å²) in [5, 5.41) is 0. The Morgan fingerprint density at radius 1 is 1.11 bits per heavy atom. The topological polar surface area (TPSA) is 0 Å². The van der Waals surface area contributed by atoms with Crippen molar-refractivity contribution in [2.45, 2.75) is 58.0 Å². The third kappa shape index (κ3) is 3.13. The minimum Gasteiger partial charge on any atom is -0.166 e. The molecule has 0 aliphatic heterocycles. The van der Waals surface area contributed by atoms with Crippen molar-refractivity contribution in [3.8, 4) is 0 Å². The van der Waals surface area contributed by atoms with E-state index < -0.39 is 11.7 Å². The summed E-state index contributed by atoms with van der Waals surface area (Å²) < 4.78 is 39.6. The Labute approximate surface area is 113 Å². The molecule has 1 aliphatic carbocycles. The van der Waals surface area contributed by atoms with Crippen molar-refractivity contribution in [2.24, 2.45) is 5.92 Å². The van der Waals surface area contributed by atoms with Gasteiger partial charge >= 0.3 is 6.18 Å². The van der Waals surface area contributed by atoms with Crippen LogP contribution < -0.4 is 0 Å². The third-order valence-electron chi connectivity index (χ3n) is 4.31. The van der Waals surface area contributed by atoms with E-state index >= 15 is 0 Å². The maximum Gasteiger partial charge on any atom is 0.416 e. The summed E-state index contributed by atoms with van der Waals surface area (Å²) in [6, 6.07) is 4.63. The van der Waals surface area contributed by atoms with Gasteiger partial charge in [0.2, 0.25) is 0 Å². The highest BCUT2D eigenvalue weighted by atomic mass is 19.4. The van der Waals surface area contributed by atoms with E-state index in [0.717, 1.165) is 31.2 Å². The lowest BCUT2D eigenvalue weighted by Gasteiger charge is -2.30. The van der Waals surface area contributed by atoms with Crippen LogP contribution >= 0.6 is 0 Å². The molecule has 106 valence electrons. The van der Waals surface area contributed by atoms with Gasteiger partial charge in [0.05, 0.1) is 5.56 Å². The van der Waals surface area contributed by atoms with E-state index in [2.05, 4.69) is 6.92 Å². The highest BCUT2D eigenvalue weighted by molar-refractivity contribution is 5.40. The molecule has 0 amide bonds. The Balaban J connectivity index is 2.41. The molecular weight excluding hydrogens is 249 g/mol. The molecule has 0 heterocycles. The first-order valence-electron chi connectivity index (χ1n) is 7.12. The highest BCUT2D eigenvalue weighted by Crippen LogP contribution is 2.43.